The number of hydrogen-bond donors (Lipinski definition) is 3. The number of rotatable bonds is 6. The van der Waals surface area contributed by atoms with Crippen LogP contribution >= 0.6 is 31.9 Å². The number of nitroso groups, excluding NO2 is 1. The van der Waals surface area contributed by atoms with Crippen molar-refractivity contribution >= 4 is 56.0 Å². The van der Waals surface area contributed by atoms with E-state index in [0.717, 1.165) is 10.5 Å². The smallest absolute Gasteiger partial charge is 0.271 e. The standard InChI is InChI=1S/C17H12Br2N4O4/c18-13-7-12(16(25)14(19)8-13)9-20-22-17(26)11-4-1-10(2-5-11)3-6-15(24)21-23-27/h1-9,25H,(H,22,26)(H,21,24,27). The van der Waals surface area contributed by atoms with Crippen molar-refractivity contribution in [3.63, 3.8) is 0 Å². The minimum atomic E-state index is -0.649. The lowest BCUT2D eigenvalue weighted by molar-refractivity contribution is -0.116. The second-order valence-electron chi connectivity index (χ2n) is 5.05. The molecule has 2 amide bonds. The quantitative estimate of drug-likeness (QED) is 0.246. The number of halogens is 2. The van der Waals surface area contributed by atoms with Crippen molar-refractivity contribution in [3.05, 3.63) is 73.0 Å². The van der Waals surface area contributed by atoms with Gasteiger partial charge in [-0.1, -0.05) is 28.1 Å². The molecular weight excluding hydrogens is 484 g/mol. The molecule has 27 heavy (non-hydrogen) atoms. The van der Waals surface area contributed by atoms with Crippen molar-refractivity contribution in [2.24, 2.45) is 10.4 Å². The molecule has 2 aromatic carbocycles. The van der Waals surface area contributed by atoms with Gasteiger partial charge in [-0.25, -0.2) is 10.9 Å². The molecule has 3 N–H and O–H groups in total. The Bertz CT molecular complexity index is 927. The molecule has 0 aliphatic heterocycles. The van der Waals surface area contributed by atoms with Gasteiger partial charge >= 0.3 is 0 Å². The summed E-state index contributed by atoms with van der Waals surface area (Å²) in [6.45, 7) is 0. The van der Waals surface area contributed by atoms with Gasteiger partial charge in [0.15, 0.2) is 0 Å². The largest absolute Gasteiger partial charge is 0.506 e. The molecule has 0 heterocycles. The molecule has 2 rings (SSSR count). The summed E-state index contributed by atoms with van der Waals surface area (Å²) in [7, 11) is 0. The lowest BCUT2D eigenvalue weighted by Crippen LogP contribution is -2.17. The van der Waals surface area contributed by atoms with E-state index in [2.05, 4.69) is 47.7 Å². The molecule has 0 spiro atoms. The van der Waals surface area contributed by atoms with Crippen LogP contribution in [0.1, 0.15) is 21.5 Å². The molecule has 0 unspecified atom stereocenters. The van der Waals surface area contributed by atoms with E-state index in [9.17, 15) is 19.6 Å². The summed E-state index contributed by atoms with van der Waals surface area (Å²) < 4.78 is 1.23. The van der Waals surface area contributed by atoms with Crippen molar-refractivity contribution in [1.82, 2.24) is 10.9 Å². The summed E-state index contributed by atoms with van der Waals surface area (Å²) in [4.78, 5) is 33.1. The van der Waals surface area contributed by atoms with Gasteiger partial charge in [-0.15, -0.1) is 4.91 Å². The van der Waals surface area contributed by atoms with E-state index in [4.69, 9.17) is 0 Å². The lowest BCUT2D eigenvalue weighted by atomic mass is 10.1. The zero-order chi connectivity index (χ0) is 19.8. The van der Waals surface area contributed by atoms with Crippen molar-refractivity contribution in [1.29, 1.82) is 0 Å². The van der Waals surface area contributed by atoms with Crippen LogP contribution in [0.2, 0.25) is 0 Å². The molecule has 0 radical (unpaired) electrons. The third-order valence-electron chi connectivity index (χ3n) is 3.18. The minimum absolute atomic E-state index is 0.00107. The highest BCUT2D eigenvalue weighted by molar-refractivity contribution is 9.11. The van der Waals surface area contributed by atoms with E-state index in [0.29, 0.717) is 21.2 Å². The van der Waals surface area contributed by atoms with Crippen LogP contribution in [0.5, 0.6) is 5.75 Å². The predicted octanol–water partition coefficient (Wildman–Crippen LogP) is 3.49. The molecule has 0 saturated carbocycles. The van der Waals surface area contributed by atoms with Gasteiger partial charge in [-0.3, -0.25) is 9.59 Å². The molecule has 0 atom stereocenters. The first-order valence-corrected chi connectivity index (χ1v) is 8.91. The van der Waals surface area contributed by atoms with Crippen LogP contribution in [0.15, 0.2) is 61.8 Å². The number of benzene rings is 2. The SMILES string of the molecule is O=NNC(=O)C=Cc1ccc(C(=O)NN=Cc2cc(Br)cc(Br)c2O)cc1. The highest BCUT2D eigenvalue weighted by Gasteiger charge is 2.07. The molecule has 0 aromatic heterocycles. The molecule has 2 aromatic rings. The van der Waals surface area contributed by atoms with Crippen LogP contribution in [0.3, 0.4) is 0 Å². The van der Waals surface area contributed by atoms with E-state index in [-0.39, 0.29) is 5.75 Å². The Morgan fingerprint density at radius 3 is 2.44 bits per heavy atom. The van der Waals surface area contributed by atoms with E-state index in [1.165, 1.54) is 12.3 Å². The number of amides is 2. The molecule has 0 saturated heterocycles. The van der Waals surface area contributed by atoms with Gasteiger partial charge in [-0.2, -0.15) is 5.10 Å². The average Bonchev–Trinajstić information content (AvgIpc) is 2.64. The van der Waals surface area contributed by atoms with E-state index >= 15 is 0 Å². The number of phenols is 1. The fourth-order valence-corrected chi connectivity index (χ4v) is 3.17. The highest BCUT2D eigenvalue weighted by Crippen LogP contribution is 2.30. The second kappa shape index (κ2) is 9.74. The summed E-state index contributed by atoms with van der Waals surface area (Å²) in [5.74, 6) is -1.09. The van der Waals surface area contributed by atoms with E-state index in [1.54, 1.807) is 41.8 Å². The molecule has 10 heteroatoms. The van der Waals surface area contributed by atoms with Crippen molar-refractivity contribution in [3.8, 4) is 5.75 Å². The van der Waals surface area contributed by atoms with Crippen molar-refractivity contribution < 1.29 is 14.7 Å². The Morgan fingerprint density at radius 1 is 1.07 bits per heavy atom. The summed E-state index contributed by atoms with van der Waals surface area (Å²) in [6, 6.07) is 9.66. The number of nitrogens with zero attached hydrogens (tertiary/aromatic N) is 2. The number of phenolic OH excluding ortho intramolecular Hbond substituents is 1. The number of aromatic hydroxyl groups is 1. The van der Waals surface area contributed by atoms with Gasteiger partial charge in [0.25, 0.3) is 11.8 Å². The van der Waals surface area contributed by atoms with Gasteiger partial charge in [0.1, 0.15) is 5.75 Å². The predicted molar refractivity (Wildman–Crippen MR) is 108 cm³/mol. The first-order valence-electron chi connectivity index (χ1n) is 7.32. The fourth-order valence-electron chi connectivity index (χ4n) is 1.91. The maximum absolute atomic E-state index is 12.1. The van der Waals surface area contributed by atoms with Gasteiger partial charge in [0, 0.05) is 21.7 Å². The van der Waals surface area contributed by atoms with Crippen molar-refractivity contribution in [2.45, 2.75) is 0 Å². The number of carbonyl (C=O) groups is 2. The van der Waals surface area contributed by atoms with Gasteiger partial charge in [0.2, 0.25) is 0 Å². The van der Waals surface area contributed by atoms with Crippen LogP contribution in [0.4, 0.5) is 0 Å². The van der Waals surface area contributed by atoms with Gasteiger partial charge in [0.05, 0.1) is 16.0 Å². The Balaban J connectivity index is 2.00. The average molecular weight is 496 g/mol. The first kappa shape index (κ1) is 20.5. The van der Waals surface area contributed by atoms with Crippen LogP contribution in [-0.4, -0.2) is 23.1 Å². The molecule has 138 valence electrons. The minimum Gasteiger partial charge on any atom is -0.506 e. The Kier molecular flexibility index (Phi) is 7.38. The first-order chi connectivity index (χ1) is 12.9. The molecule has 0 bridgehead atoms. The second-order valence-corrected chi connectivity index (χ2v) is 6.82. The topological polar surface area (TPSA) is 120 Å². The third-order valence-corrected chi connectivity index (χ3v) is 4.25. The van der Waals surface area contributed by atoms with E-state index in [1.807, 2.05) is 0 Å². The van der Waals surface area contributed by atoms with E-state index < -0.39 is 11.8 Å². The molecular formula is C17H12Br2N4O4. The normalized spacial score (nSPS) is 10.9. The molecule has 8 nitrogen and oxygen atoms in total. The van der Waals surface area contributed by atoms with Crippen LogP contribution in [0, 0.1) is 4.91 Å². The Hall–Kier alpha value is -2.85. The number of nitrogens with one attached hydrogen (secondary N) is 2. The zero-order valence-corrected chi connectivity index (χ0v) is 16.7. The van der Waals surface area contributed by atoms with Crippen LogP contribution in [-0.2, 0) is 4.79 Å². The Morgan fingerprint density at radius 2 is 1.78 bits per heavy atom. The lowest BCUT2D eigenvalue weighted by Gasteiger charge is -2.03. The number of carbonyl (C=O) groups excluding carboxylic acids is 2. The van der Waals surface area contributed by atoms with Crippen molar-refractivity contribution in [2.75, 3.05) is 0 Å². The summed E-state index contributed by atoms with van der Waals surface area (Å²) in [5.41, 5.74) is 5.51. The molecule has 0 aliphatic carbocycles. The molecule has 0 fully saturated rings. The zero-order valence-electron chi connectivity index (χ0n) is 13.5. The number of hydrazone groups is 1. The Labute approximate surface area is 170 Å². The molecule has 0 aliphatic rings. The summed E-state index contributed by atoms with van der Waals surface area (Å²) >= 11 is 6.51. The monoisotopic (exact) mass is 494 g/mol. The summed E-state index contributed by atoms with van der Waals surface area (Å²) in [6.07, 6.45) is 3.93. The van der Waals surface area contributed by atoms with Crippen LogP contribution in [0.25, 0.3) is 6.08 Å². The maximum Gasteiger partial charge on any atom is 0.271 e. The maximum atomic E-state index is 12.1. The third kappa shape index (κ3) is 6.12. The van der Waals surface area contributed by atoms with Crippen LogP contribution < -0.4 is 10.9 Å². The highest BCUT2D eigenvalue weighted by atomic mass is 79.9. The fraction of sp³-hybridized carbons (Fsp3) is 0. The van der Waals surface area contributed by atoms with Gasteiger partial charge in [-0.05, 0) is 51.8 Å². The number of hydrogen-bond acceptors (Lipinski definition) is 6. The summed E-state index contributed by atoms with van der Waals surface area (Å²) in [5, 5.41) is 16.0. The van der Waals surface area contributed by atoms with Gasteiger partial charge < -0.3 is 5.11 Å².